The fourth-order valence-electron chi connectivity index (χ4n) is 1.58. The molecule has 0 atom stereocenters. The summed E-state index contributed by atoms with van der Waals surface area (Å²) in [7, 11) is 0. The van der Waals surface area contributed by atoms with Crippen LogP contribution in [0.2, 0.25) is 0 Å². The molecule has 0 radical (unpaired) electrons. The predicted molar refractivity (Wildman–Crippen MR) is 61.0 cm³/mol. The third-order valence-electron chi connectivity index (χ3n) is 3.02. The van der Waals surface area contributed by atoms with Gasteiger partial charge in [0.2, 0.25) is 0 Å². The van der Waals surface area contributed by atoms with Gasteiger partial charge in [0.25, 0.3) is 0 Å². The van der Waals surface area contributed by atoms with Gasteiger partial charge < -0.3 is 0 Å². The Balaban J connectivity index is 2.68. The van der Waals surface area contributed by atoms with Gasteiger partial charge in [0.1, 0.15) is 11.9 Å². The lowest BCUT2D eigenvalue weighted by atomic mass is 9.89. The molecule has 2 heterocycles. The quantitative estimate of drug-likeness (QED) is 0.770. The smallest absolute Gasteiger partial charge is 0.160 e. The lowest BCUT2D eigenvalue weighted by Crippen LogP contribution is -2.19. The summed E-state index contributed by atoms with van der Waals surface area (Å²) >= 11 is 0. The molecule has 2 rings (SSSR count). The third kappa shape index (κ3) is 1.54. The molecule has 0 saturated carbocycles. The summed E-state index contributed by atoms with van der Waals surface area (Å²) in [5.41, 5.74) is 1.38. The van der Waals surface area contributed by atoms with Crippen molar-refractivity contribution in [3.8, 4) is 6.07 Å². The van der Waals surface area contributed by atoms with E-state index in [9.17, 15) is 0 Å². The molecule has 0 amide bonds. The molecule has 16 heavy (non-hydrogen) atoms. The van der Waals surface area contributed by atoms with Crippen molar-refractivity contribution in [2.24, 2.45) is 0 Å². The van der Waals surface area contributed by atoms with Gasteiger partial charge in [0.05, 0.1) is 5.56 Å². The predicted octanol–water partition coefficient (Wildman–Crippen LogP) is 2.29. The Labute approximate surface area is 94.5 Å². The highest BCUT2D eigenvalue weighted by molar-refractivity contribution is 5.43. The fourth-order valence-corrected chi connectivity index (χ4v) is 1.58. The number of fused-ring (bicyclic) bond motifs is 1. The summed E-state index contributed by atoms with van der Waals surface area (Å²) in [5, 5.41) is 17.2. The second-order valence-electron chi connectivity index (χ2n) is 4.52. The minimum absolute atomic E-state index is 0.0342. The molecule has 2 aromatic rings. The summed E-state index contributed by atoms with van der Waals surface area (Å²) in [6.45, 7) is 6.38. The standard InChI is InChI=1S/C12H14N4/c1-4-12(2,3)11-15-14-10-6-5-9(7-13)8-16(10)11/h5-6,8H,4H2,1-3H3. The van der Waals surface area contributed by atoms with E-state index in [2.05, 4.69) is 37.0 Å². The number of rotatable bonds is 2. The van der Waals surface area contributed by atoms with Crippen LogP contribution < -0.4 is 0 Å². The highest BCUT2D eigenvalue weighted by atomic mass is 15.2. The van der Waals surface area contributed by atoms with Gasteiger partial charge in [-0.05, 0) is 18.6 Å². The first-order chi connectivity index (χ1) is 7.58. The van der Waals surface area contributed by atoms with Gasteiger partial charge in [0, 0.05) is 11.6 Å². The number of pyridine rings is 1. The molecular formula is C12H14N4. The Morgan fingerprint density at radius 3 is 2.75 bits per heavy atom. The topological polar surface area (TPSA) is 54.0 Å². The van der Waals surface area contributed by atoms with Crippen LogP contribution in [-0.2, 0) is 5.41 Å². The number of nitrogens with zero attached hydrogens (tertiary/aromatic N) is 4. The van der Waals surface area contributed by atoms with E-state index in [-0.39, 0.29) is 5.41 Å². The van der Waals surface area contributed by atoms with Crippen molar-refractivity contribution in [3.63, 3.8) is 0 Å². The maximum absolute atomic E-state index is 8.88. The molecule has 2 aromatic heterocycles. The van der Waals surface area contributed by atoms with Gasteiger partial charge in [0.15, 0.2) is 5.65 Å². The average Bonchev–Trinajstić information content (AvgIpc) is 2.72. The van der Waals surface area contributed by atoms with E-state index in [0.29, 0.717) is 5.56 Å². The summed E-state index contributed by atoms with van der Waals surface area (Å²) in [4.78, 5) is 0. The van der Waals surface area contributed by atoms with Crippen LogP contribution >= 0.6 is 0 Å². The monoisotopic (exact) mass is 214 g/mol. The summed E-state index contributed by atoms with van der Waals surface area (Å²) < 4.78 is 1.90. The van der Waals surface area contributed by atoms with E-state index in [1.807, 2.05) is 10.5 Å². The SMILES string of the molecule is CCC(C)(C)c1nnc2ccc(C#N)cn12. The van der Waals surface area contributed by atoms with Crippen LogP contribution in [0.25, 0.3) is 5.65 Å². The first-order valence-electron chi connectivity index (χ1n) is 5.34. The maximum Gasteiger partial charge on any atom is 0.160 e. The molecule has 0 fully saturated rings. The lowest BCUT2D eigenvalue weighted by Gasteiger charge is -2.19. The number of aromatic nitrogens is 3. The highest BCUT2D eigenvalue weighted by Crippen LogP contribution is 2.25. The van der Waals surface area contributed by atoms with Crippen molar-refractivity contribution in [1.82, 2.24) is 14.6 Å². The Bertz CT molecular complexity index is 560. The Morgan fingerprint density at radius 1 is 1.38 bits per heavy atom. The van der Waals surface area contributed by atoms with Gasteiger partial charge in [-0.1, -0.05) is 20.8 Å². The van der Waals surface area contributed by atoms with Crippen molar-refractivity contribution in [1.29, 1.82) is 5.26 Å². The van der Waals surface area contributed by atoms with Crippen LogP contribution in [0.5, 0.6) is 0 Å². The van der Waals surface area contributed by atoms with Crippen molar-refractivity contribution >= 4 is 5.65 Å². The second-order valence-corrected chi connectivity index (χ2v) is 4.52. The molecule has 0 N–H and O–H groups in total. The van der Waals surface area contributed by atoms with Crippen molar-refractivity contribution in [2.45, 2.75) is 32.6 Å². The van der Waals surface area contributed by atoms with Gasteiger partial charge in [-0.2, -0.15) is 5.26 Å². The normalized spacial score (nSPS) is 11.6. The zero-order valence-corrected chi connectivity index (χ0v) is 9.73. The third-order valence-corrected chi connectivity index (χ3v) is 3.02. The summed E-state index contributed by atoms with van der Waals surface area (Å²) in [6, 6.07) is 5.71. The van der Waals surface area contributed by atoms with E-state index in [4.69, 9.17) is 5.26 Å². The van der Waals surface area contributed by atoms with Crippen LogP contribution in [-0.4, -0.2) is 14.6 Å². The first kappa shape index (κ1) is 10.6. The Morgan fingerprint density at radius 2 is 2.12 bits per heavy atom. The zero-order chi connectivity index (χ0) is 11.8. The van der Waals surface area contributed by atoms with E-state index < -0.39 is 0 Å². The number of hydrogen-bond donors (Lipinski definition) is 0. The molecule has 0 unspecified atom stereocenters. The lowest BCUT2D eigenvalue weighted by molar-refractivity contribution is 0.468. The van der Waals surface area contributed by atoms with Crippen molar-refractivity contribution < 1.29 is 0 Å². The van der Waals surface area contributed by atoms with Gasteiger partial charge in [-0.3, -0.25) is 4.40 Å². The van der Waals surface area contributed by atoms with Crippen molar-refractivity contribution in [3.05, 3.63) is 29.7 Å². The minimum Gasteiger partial charge on any atom is -0.285 e. The second kappa shape index (κ2) is 3.60. The molecule has 0 aliphatic heterocycles. The average molecular weight is 214 g/mol. The highest BCUT2D eigenvalue weighted by Gasteiger charge is 2.24. The molecular weight excluding hydrogens is 200 g/mol. The zero-order valence-electron chi connectivity index (χ0n) is 9.73. The van der Waals surface area contributed by atoms with Gasteiger partial charge in [-0.15, -0.1) is 10.2 Å². The molecule has 0 aliphatic rings. The number of nitriles is 1. The van der Waals surface area contributed by atoms with Crippen LogP contribution in [0.1, 0.15) is 38.6 Å². The molecule has 0 aromatic carbocycles. The summed E-state index contributed by atoms with van der Waals surface area (Å²) in [6.07, 6.45) is 2.77. The molecule has 82 valence electrons. The largest absolute Gasteiger partial charge is 0.285 e. The van der Waals surface area contributed by atoms with E-state index in [0.717, 1.165) is 17.9 Å². The van der Waals surface area contributed by atoms with E-state index >= 15 is 0 Å². The molecule has 0 bridgehead atoms. The Kier molecular flexibility index (Phi) is 2.39. The van der Waals surface area contributed by atoms with Crippen LogP contribution in [0.15, 0.2) is 18.3 Å². The van der Waals surface area contributed by atoms with E-state index in [1.54, 1.807) is 12.3 Å². The Hall–Kier alpha value is -1.89. The van der Waals surface area contributed by atoms with Gasteiger partial charge >= 0.3 is 0 Å². The molecule has 0 aliphatic carbocycles. The summed E-state index contributed by atoms with van der Waals surface area (Å²) in [5.74, 6) is 0.905. The van der Waals surface area contributed by atoms with Gasteiger partial charge in [-0.25, -0.2) is 0 Å². The molecule has 0 spiro atoms. The molecule has 0 saturated heterocycles. The minimum atomic E-state index is -0.0342. The van der Waals surface area contributed by atoms with Crippen LogP contribution in [0.4, 0.5) is 0 Å². The fraction of sp³-hybridized carbons (Fsp3) is 0.417. The molecule has 4 heteroatoms. The number of hydrogen-bond acceptors (Lipinski definition) is 3. The van der Waals surface area contributed by atoms with Crippen LogP contribution in [0, 0.1) is 11.3 Å². The first-order valence-corrected chi connectivity index (χ1v) is 5.34. The van der Waals surface area contributed by atoms with Crippen LogP contribution in [0.3, 0.4) is 0 Å². The molecule has 4 nitrogen and oxygen atoms in total. The maximum atomic E-state index is 8.88. The van der Waals surface area contributed by atoms with Crippen molar-refractivity contribution in [2.75, 3.05) is 0 Å². The van der Waals surface area contributed by atoms with E-state index in [1.165, 1.54) is 0 Å².